The second-order valence-electron chi connectivity index (χ2n) is 4.52. The normalized spacial score (nSPS) is 20.4. The van der Waals surface area contributed by atoms with Crippen LogP contribution in [0.15, 0.2) is 0 Å². The standard InChI is InChI=1S/C11H25N3/c1-11(2)13(3)9-10-14-7-4-5-12-6-8-14/h11-12H,4-10H2,1-3H3. The molecule has 1 rings (SSSR count). The molecule has 0 aromatic carbocycles. The Kier molecular flexibility index (Phi) is 5.45. The topological polar surface area (TPSA) is 18.5 Å². The van der Waals surface area contributed by atoms with Gasteiger partial charge in [0.2, 0.25) is 0 Å². The lowest BCUT2D eigenvalue weighted by molar-refractivity contribution is 0.209. The van der Waals surface area contributed by atoms with E-state index < -0.39 is 0 Å². The number of hydrogen-bond donors (Lipinski definition) is 1. The molecule has 84 valence electrons. The van der Waals surface area contributed by atoms with E-state index in [4.69, 9.17) is 0 Å². The van der Waals surface area contributed by atoms with Crippen molar-refractivity contribution in [3.8, 4) is 0 Å². The van der Waals surface area contributed by atoms with Crippen molar-refractivity contribution in [2.75, 3.05) is 46.3 Å². The molecule has 3 heteroatoms. The molecule has 1 heterocycles. The first-order valence-electron chi connectivity index (χ1n) is 5.83. The molecule has 14 heavy (non-hydrogen) atoms. The first-order chi connectivity index (χ1) is 6.70. The van der Waals surface area contributed by atoms with Gasteiger partial charge in [-0.25, -0.2) is 0 Å². The Labute approximate surface area is 88.5 Å². The minimum atomic E-state index is 0.667. The maximum Gasteiger partial charge on any atom is 0.0110 e. The quantitative estimate of drug-likeness (QED) is 0.716. The van der Waals surface area contributed by atoms with Crippen LogP contribution in [0.1, 0.15) is 20.3 Å². The highest BCUT2D eigenvalue weighted by Crippen LogP contribution is 1.98. The van der Waals surface area contributed by atoms with Gasteiger partial charge in [0.15, 0.2) is 0 Å². The highest BCUT2D eigenvalue weighted by molar-refractivity contribution is 4.68. The maximum atomic E-state index is 3.43. The summed E-state index contributed by atoms with van der Waals surface area (Å²) in [7, 11) is 2.21. The van der Waals surface area contributed by atoms with Gasteiger partial charge in [-0.2, -0.15) is 0 Å². The van der Waals surface area contributed by atoms with E-state index in [0.717, 1.165) is 6.54 Å². The summed E-state index contributed by atoms with van der Waals surface area (Å²) in [5, 5.41) is 3.43. The number of rotatable bonds is 4. The summed E-state index contributed by atoms with van der Waals surface area (Å²) >= 11 is 0. The molecule has 1 saturated heterocycles. The molecule has 0 bridgehead atoms. The molecule has 0 aliphatic carbocycles. The van der Waals surface area contributed by atoms with Gasteiger partial charge in [-0.1, -0.05) is 0 Å². The summed E-state index contributed by atoms with van der Waals surface area (Å²) in [6.45, 7) is 11.7. The van der Waals surface area contributed by atoms with Crippen molar-refractivity contribution in [1.82, 2.24) is 15.1 Å². The van der Waals surface area contributed by atoms with Crippen LogP contribution in [0, 0.1) is 0 Å². The predicted octanol–water partition coefficient (Wildman–Crippen LogP) is 0.622. The van der Waals surface area contributed by atoms with Crippen LogP contribution in [-0.4, -0.2) is 62.2 Å². The van der Waals surface area contributed by atoms with E-state index >= 15 is 0 Å². The Hall–Kier alpha value is -0.120. The van der Waals surface area contributed by atoms with Gasteiger partial charge in [-0.05, 0) is 40.4 Å². The monoisotopic (exact) mass is 199 g/mol. The number of likely N-dealkylation sites (N-methyl/N-ethyl adjacent to an activating group) is 1. The van der Waals surface area contributed by atoms with Crippen LogP contribution < -0.4 is 5.32 Å². The summed E-state index contributed by atoms with van der Waals surface area (Å²) in [6.07, 6.45) is 1.30. The minimum absolute atomic E-state index is 0.667. The maximum absolute atomic E-state index is 3.43. The Bertz CT molecular complexity index is 139. The van der Waals surface area contributed by atoms with Crippen LogP contribution in [0.2, 0.25) is 0 Å². The summed E-state index contributed by atoms with van der Waals surface area (Å²) in [5.41, 5.74) is 0. The molecular weight excluding hydrogens is 174 g/mol. The smallest absolute Gasteiger partial charge is 0.0110 e. The minimum Gasteiger partial charge on any atom is -0.315 e. The van der Waals surface area contributed by atoms with Gasteiger partial charge in [0.05, 0.1) is 0 Å². The van der Waals surface area contributed by atoms with E-state index in [9.17, 15) is 0 Å². The van der Waals surface area contributed by atoms with E-state index in [1.54, 1.807) is 0 Å². The van der Waals surface area contributed by atoms with Crippen molar-refractivity contribution in [1.29, 1.82) is 0 Å². The molecule has 0 radical (unpaired) electrons. The fourth-order valence-electron chi connectivity index (χ4n) is 1.68. The average Bonchev–Trinajstić information content (AvgIpc) is 2.42. The lowest BCUT2D eigenvalue weighted by Crippen LogP contribution is -2.37. The average molecular weight is 199 g/mol. The summed E-state index contributed by atoms with van der Waals surface area (Å²) in [4.78, 5) is 4.98. The third-order valence-corrected chi connectivity index (χ3v) is 3.08. The van der Waals surface area contributed by atoms with E-state index in [1.165, 1.54) is 39.1 Å². The second-order valence-corrected chi connectivity index (χ2v) is 4.52. The van der Waals surface area contributed by atoms with Gasteiger partial charge < -0.3 is 15.1 Å². The first kappa shape index (κ1) is 12.0. The lowest BCUT2D eigenvalue weighted by atomic mass is 10.3. The van der Waals surface area contributed by atoms with Crippen LogP contribution >= 0.6 is 0 Å². The van der Waals surface area contributed by atoms with Crippen LogP contribution in [-0.2, 0) is 0 Å². The summed E-state index contributed by atoms with van der Waals surface area (Å²) in [6, 6.07) is 0.667. The molecule has 0 saturated carbocycles. The number of hydrogen-bond acceptors (Lipinski definition) is 3. The van der Waals surface area contributed by atoms with Crippen LogP contribution in [0.3, 0.4) is 0 Å². The van der Waals surface area contributed by atoms with Gasteiger partial charge in [-0.15, -0.1) is 0 Å². The zero-order valence-corrected chi connectivity index (χ0v) is 9.92. The highest BCUT2D eigenvalue weighted by Gasteiger charge is 2.09. The molecule has 0 aromatic rings. The van der Waals surface area contributed by atoms with Crippen molar-refractivity contribution in [3.63, 3.8) is 0 Å². The molecule has 1 fully saturated rings. The Balaban J connectivity index is 2.15. The van der Waals surface area contributed by atoms with Crippen LogP contribution in [0.4, 0.5) is 0 Å². The van der Waals surface area contributed by atoms with Crippen molar-refractivity contribution in [2.45, 2.75) is 26.3 Å². The fourth-order valence-corrected chi connectivity index (χ4v) is 1.68. The molecule has 1 aliphatic rings. The first-order valence-corrected chi connectivity index (χ1v) is 5.83. The van der Waals surface area contributed by atoms with Gasteiger partial charge in [-0.3, -0.25) is 0 Å². The molecule has 0 amide bonds. The van der Waals surface area contributed by atoms with E-state index in [0.29, 0.717) is 6.04 Å². The summed E-state index contributed by atoms with van der Waals surface area (Å²) in [5.74, 6) is 0. The SMILES string of the molecule is CC(C)N(C)CCN1CCCNCC1. The third-order valence-electron chi connectivity index (χ3n) is 3.08. The van der Waals surface area contributed by atoms with Gasteiger partial charge >= 0.3 is 0 Å². The van der Waals surface area contributed by atoms with E-state index in [2.05, 4.69) is 36.0 Å². The number of nitrogens with one attached hydrogen (secondary N) is 1. The zero-order valence-electron chi connectivity index (χ0n) is 9.92. The van der Waals surface area contributed by atoms with Gasteiger partial charge in [0, 0.05) is 32.2 Å². The largest absolute Gasteiger partial charge is 0.315 e. The Morgan fingerprint density at radius 1 is 1.29 bits per heavy atom. The molecule has 1 aliphatic heterocycles. The van der Waals surface area contributed by atoms with Crippen molar-refractivity contribution < 1.29 is 0 Å². The van der Waals surface area contributed by atoms with Crippen molar-refractivity contribution >= 4 is 0 Å². The van der Waals surface area contributed by atoms with Gasteiger partial charge in [0.25, 0.3) is 0 Å². The Morgan fingerprint density at radius 2 is 2.07 bits per heavy atom. The zero-order chi connectivity index (χ0) is 10.4. The molecular formula is C11H25N3. The molecule has 0 aromatic heterocycles. The lowest BCUT2D eigenvalue weighted by Gasteiger charge is -2.26. The molecule has 0 spiro atoms. The fraction of sp³-hybridized carbons (Fsp3) is 1.00. The highest BCUT2D eigenvalue weighted by atomic mass is 15.2. The van der Waals surface area contributed by atoms with Crippen molar-refractivity contribution in [2.24, 2.45) is 0 Å². The van der Waals surface area contributed by atoms with E-state index in [-0.39, 0.29) is 0 Å². The summed E-state index contributed by atoms with van der Waals surface area (Å²) < 4.78 is 0. The van der Waals surface area contributed by atoms with Crippen molar-refractivity contribution in [3.05, 3.63) is 0 Å². The Morgan fingerprint density at radius 3 is 2.79 bits per heavy atom. The van der Waals surface area contributed by atoms with Gasteiger partial charge in [0.1, 0.15) is 0 Å². The van der Waals surface area contributed by atoms with E-state index in [1.807, 2.05) is 0 Å². The van der Waals surface area contributed by atoms with Crippen LogP contribution in [0.5, 0.6) is 0 Å². The molecule has 1 N–H and O–H groups in total. The molecule has 0 unspecified atom stereocenters. The van der Waals surface area contributed by atoms with Crippen LogP contribution in [0.25, 0.3) is 0 Å². The predicted molar refractivity (Wildman–Crippen MR) is 61.7 cm³/mol. The second kappa shape index (κ2) is 6.38. The third kappa shape index (κ3) is 4.40. The molecule has 0 atom stereocenters. The number of nitrogens with zero attached hydrogens (tertiary/aromatic N) is 2. The molecule has 3 nitrogen and oxygen atoms in total.